The quantitative estimate of drug-likeness (QED) is 0.880. The number of ether oxygens (including phenoxy) is 2. The maximum atomic E-state index is 5.40. The molecule has 1 rings (SSSR count). The summed E-state index contributed by atoms with van der Waals surface area (Å²) in [5.41, 5.74) is 2.77. The zero-order chi connectivity index (χ0) is 14.6. The third-order valence-electron chi connectivity index (χ3n) is 3.31. The highest BCUT2D eigenvalue weighted by Gasteiger charge is 2.21. The van der Waals surface area contributed by atoms with Crippen LogP contribution in [-0.4, -0.2) is 21.3 Å². The van der Waals surface area contributed by atoms with Crippen LogP contribution in [0.4, 0.5) is 0 Å². The van der Waals surface area contributed by atoms with E-state index >= 15 is 0 Å². The van der Waals surface area contributed by atoms with E-state index in [0.29, 0.717) is 6.04 Å². The van der Waals surface area contributed by atoms with Crippen molar-refractivity contribution in [3.05, 3.63) is 23.3 Å². The summed E-state index contributed by atoms with van der Waals surface area (Å²) in [4.78, 5) is 0. The summed E-state index contributed by atoms with van der Waals surface area (Å²) in [5, 5.41) is 3.41. The molecule has 1 unspecified atom stereocenters. The molecule has 1 atom stereocenters. The van der Waals surface area contributed by atoms with Gasteiger partial charge in [-0.2, -0.15) is 0 Å². The molecule has 0 aromatic heterocycles. The molecule has 0 amide bonds. The molecule has 0 aliphatic heterocycles. The lowest BCUT2D eigenvalue weighted by molar-refractivity contribution is 0.318. The third-order valence-corrected chi connectivity index (χ3v) is 3.31. The summed E-state index contributed by atoms with van der Waals surface area (Å²) in [7, 11) is 5.35. The molecule has 3 nitrogen and oxygen atoms in total. The zero-order valence-corrected chi connectivity index (χ0v) is 13.3. The SMILES string of the molecule is CNC(CC(C)(C)C)c1cc(OC)c(OC)cc1C. The predicted octanol–water partition coefficient (Wildman–Crippen LogP) is 3.71. The average Bonchev–Trinajstić information content (AvgIpc) is 2.34. The van der Waals surface area contributed by atoms with Crippen LogP contribution < -0.4 is 14.8 Å². The Morgan fingerprint density at radius 3 is 2.05 bits per heavy atom. The highest BCUT2D eigenvalue weighted by atomic mass is 16.5. The second-order valence-corrected chi connectivity index (χ2v) is 6.17. The number of hydrogen-bond acceptors (Lipinski definition) is 3. The van der Waals surface area contributed by atoms with Crippen LogP contribution in [0, 0.1) is 12.3 Å². The van der Waals surface area contributed by atoms with Crippen molar-refractivity contribution in [2.45, 2.75) is 40.2 Å². The summed E-state index contributed by atoms with van der Waals surface area (Å²) in [6, 6.07) is 4.45. The Bertz CT molecular complexity index is 421. The van der Waals surface area contributed by atoms with E-state index < -0.39 is 0 Å². The Labute approximate surface area is 117 Å². The first-order valence-corrected chi connectivity index (χ1v) is 6.72. The second kappa shape index (κ2) is 6.29. The van der Waals surface area contributed by atoms with Gasteiger partial charge in [-0.3, -0.25) is 0 Å². The van der Waals surface area contributed by atoms with Crippen molar-refractivity contribution in [3.63, 3.8) is 0 Å². The van der Waals surface area contributed by atoms with Crippen molar-refractivity contribution >= 4 is 0 Å². The molecule has 0 bridgehead atoms. The fourth-order valence-corrected chi connectivity index (χ4v) is 2.35. The van der Waals surface area contributed by atoms with Crippen LogP contribution in [-0.2, 0) is 0 Å². The first-order chi connectivity index (χ1) is 8.82. The lowest BCUT2D eigenvalue weighted by Gasteiger charge is -2.27. The minimum absolute atomic E-state index is 0.271. The van der Waals surface area contributed by atoms with Gasteiger partial charge in [0.05, 0.1) is 14.2 Å². The van der Waals surface area contributed by atoms with Crippen LogP contribution in [0.15, 0.2) is 12.1 Å². The average molecular weight is 265 g/mol. The molecule has 1 aromatic rings. The van der Waals surface area contributed by atoms with Gasteiger partial charge >= 0.3 is 0 Å². The van der Waals surface area contributed by atoms with Gasteiger partial charge in [-0.05, 0) is 49.1 Å². The van der Waals surface area contributed by atoms with E-state index in [1.54, 1.807) is 14.2 Å². The molecule has 0 spiro atoms. The second-order valence-electron chi connectivity index (χ2n) is 6.17. The van der Waals surface area contributed by atoms with Crippen molar-refractivity contribution in [1.29, 1.82) is 0 Å². The number of aryl methyl sites for hydroxylation is 1. The van der Waals surface area contributed by atoms with Gasteiger partial charge in [0.25, 0.3) is 0 Å². The van der Waals surface area contributed by atoms with Crippen molar-refractivity contribution < 1.29 is 9.47 Å². The molecule has 0 fully saturated rings. The molecular weight excluding hydrogens is 238 g/mol. The molecule has 108 valence electrons. The monoisotopic (exact) mass is 265 g/mol. The Morgan fingerprint density at radius 2 is 1.63 bits per heavy atom. The highest BCUT2D eigenvalue weighted by Crippen LogP contribution is 2.36. The van der Waals surface area contributed by atoms with E-state index in [1.807, 2.05) is 13.1 Å². The molecule has 0 saturated carbocycles. The van der Waals surface area contributed by atoms with Gasteiger partial charge in [-0.15, -0.1) is 0 Å². The first-order valence-electron chi connectivity index (χ1n) is 6.72. The van der Waals surface area contributed by atoms with Crippen molar-refractivity contribution in [1.82, 2.24) is 5.32 Å². The highest BCUT2D eigenvalue weighted by molar-refractivity contribution is 5.48. The van der Waals surface area contributed by atoms with Crippen LogP contribution >= 0.6 is 0 Å². The molecule has 0 radical (unpaired) electrons. The number of rotatable bonds is 5. The van der Waals surface area contributed by atoms with E-state index in [4.69, 9.17) is 9.47 Å². The summed E-state index contributed by atoms with van der Waals surface area (Å²) in [6.07, 6.45) is 1.07. The molecule has 0 saturated heterocycles. The maximum absolute atomic E-state index is 5.40. The van der Waals surface area contributed by atoms with Crippen LogP contribution in [0.2, 0.25) is 0 Å². The number of benzene rings is 1. The van der Waals surface area contributed by atoms with Crippen molar-refractivity contribution in [2.75, 3.05) is 21.3 Å². The topological polar surface area (TPSA) is 30.5 Å². The van der Waals surface area contributed by atoms with Crippen LogP contribution in [0.1, 0.15) is 44.4 Å². The fourth-order valence-electron chi connectivity index (χ4n) is 2.35. The van der Waals surface area contributed by atoms with Gasteiger partial charge in [0.1, 0.15) is 0 Å². The third kappa shape index (κ3) is 4.13. The minimum atomic E-state index is 0.271. The van der Waals surface area contributed by atoms with Crippen LogP contribution in [0.3, 0.4) is 0 Å². The number of methoxy groups -OCH3 is 2. The molecule has 0 aliphatic rings. The Kier molecular flexibility index (Phi) is 5.24. The van der Waals surface area contributed by atoms with E-state index in [9.17, 15) is 0 Å². The fraction of sp³-hybridized carbons (Fsp3) is 0.625. The van der Waals surface area contributed by atoms with Crippen LogP contribution in [0.5, 0.6) is 11.5 Å². The van der Waals surface area contributed by atoms with Gasteiger partial charge < -0.3 is 14.8 Å². The smallest absolute Gasteiger partial charge is 0.161 e. The van der Waals surface area contributed by atoms with Gasteiger partial charge in [-0.25, -0.2) is 0 Å². The van der Waals surface area contributed by atoms with Gasteiger partial charge in [0, 0.05) is 6.04 Å². The van der Waals surface area contributed by atoms with Crippen LogP contribution in [0.25, 0.3) is 0 Å². The molecule has 19 heavy (non-hydrogen) atoms. The van der Waals surface area contributed by atoms with Crippen molar-refractivity contribution in [2.24, 2.45) is 5.41 Å². The predicted molar refractivity (Wildman–Crippen MR) is 80.2 cm³/mol. The zero-order valence-electron chi connectivity index (χ0n) is 13.3. The number of nitrogens with one attached hydrogen (secondary N) is 1. The van der Waals surface area contributed by atoms with Crippen molar-refractivity contribution in [3.8, 4) is 11.5 Å². The molecule has 3 heteroatoms. The van der Waals surface area contributed by atoms with E-state index in [-0.39, 0.29) is 5.41 Å². The standard InChI is InChI=1S/C16H27NO2/c1-11-8-14(18-6)15(19-7)9-12(11)13(17-5)10-16(2,3)4/h8-9,13,17H,10H2,1-7H3. The normalized spacial score (nSPS) is 13.2. The summed E-state index contributed by atoms with van der Waals surface area (Å²) < 4.78 is 10.7. The molecule has 0 aliphatic carbocycles. The van der Waals surface area contributed by atoms with Gasteiger partial charge in [0.2, 0.25) is 0 Å². The number of hydrogen-bond donors (Lipinski definition) is 1. The Hall–Kier alpha value is -1.22. The first kappa shape index (κ1) is 15.8. The Balaban J connectivity index is 3.17. The van der Waals surface area contributed by atoms with E-state index in [1.165, 1.54) is 11.1 Å². The largest absolute Gasteiger partial charge is 0.493 e. The maximum Gasteiger partial charge on any atom is 0.161 e. The minimum Gasteiger partial charge on any atom is -0.493 e. The summed E-state index contributed by atoms with van der Waals surface area (Å²) in [5.74, 6) is 1.58. The lowest BCUT2D eigenvalue weighted by atomic mass is 9.84. The van der Waals surface area contributed by atoms with Gasteiger partial charge in [0.15, 0.2) is 11.5 Å². The Morgan fingerprint density at radius 1 is 1.11 bits per heavy atom. The molecule has 1 N–H and O–H groups in total. The summed E-state index contributed by atoms with van der Waals surface area (Å²) >= 11 is 0. The molecule has 0 heterocycles. The summed E-state index contributed by atoms with van der Waals surface area (Å²) in [6.45, 7) is 8.89. The van der Waals surface area contributed by atoms with E-state index in [2.05, 4.69) is 39.1 Å². The van der Waals surface area contributed by atoms with Gasteiger partial charge in [-0.1, -0.05) is 20.8 Å². The van der Waals surface area contributed by atoms with E-state index in [0.717, 1.165) is 17.9 Å². The molecule has 1 aromatic carbocycles. The molecular formula is C16H27NO2. The lowest BCUT2D eigenvalue weighted by Crippen LogP contribution is -2.23.